The van der Waals surface area contributed by atoms with E-state index in [1.165, 1.54) is 21.3 Å². The summed E-state index contributed by atoms with van der Waals surface area (Å²) >= 11 is 5.98. The van der Waals surface area contributed by atoms with Gasteiger partial charge in [-0.25, -0.2) is 0 Å². The molecular formula is C21H21ClN4O3S. The van der Waals surface area contributed by atoms with Crippen LogP contribution in [0, 0.1) is 0 Å². The van der Waals surface area contributed by atoms with E-state index < -0.39 is 10.0 Å². The van der Waals surface area contributed by atoms with Gasteiger partial charge in [-0.3, -0.25) is 13.8 Å². The molecule has 1 saturated heterocycles. The minimum atomic E-state index is -3.91. The van der Waals surface area contributed by atoms with Gasteiger partial charge in [-0.1, -0.05) is 29.8 Å². The highest BCUT2D eigenvalue weighted by atomic mass is 35.5. The zero-order chi connectivity index (χ0) is 21.3. The van der Waals surface area contributed by atoms with Gasteiger partial charge in [-0.05, 0) is 48.4 Å². The number of sulfonamides is 1. The maximum Gasteiger partial charge on any atom is 0.281 e. The molecule has 0 N–H and O–H groups in total. The van der Waals surface area contributed by atoms with E-state index in [1.54, 1.807) is 54.4 Å². The molecular weight excluding hydrogens is 424 g/mol. The summed E-state index contributed by atoms with van der Waals surface area (Å²) in [6.45, 7) is 0.746. The number of carbonyl (C=O) groups excluding carboxylic acids is 1. The Bertz CT molecular complexity index is 1170. The topological polar surface area (TPSA) is 75.5 Å². The Balaban J connectivity index is 1.78. The molecule has 0 spiro atoms. The molecule has 2 aromatic carbocycles. The lowest BCUT2D eigenvalue weighted by atomic mass is 10.2. The van der Waals surface area contributed by atoms with E-state index in [0.29, 0.717) is 29.4 Å². The summed E-state index contributed by atoms with van der Waals surface area (Å²) in [6.07, 6.45) is 2.75. The lowest BCUT2D eigenvalue weighted by molar-refractivity contribution is -0.117. The summed E-state index contributed by atoms with van der Waals surface area (Å²) in [4.78, 5) is 13.9. The molecule has 0 radical (unpaired) electrons. The smallest absolute Gasteiger partial charge is 0.281 e. The first-order valence-corrected chi connectivity index (χ1v) is 11.3. The Morgan fingerprint density at radius 1 is 1.13 bits per heavy atom. The molecule has 1 aliphatic heterocycles. The number of nitrogens with zero attached hydrogens (tertiary/aromatic N) is 4. The molecule has 2 heterocycles. The number of halogens is 1. The molecule has 0 bridgehead atoms. The van der Waals surface area contributed by atoms with Crippen molar-refractivity contribution in [3.63, 3.8) is 0 Å². The molecule has 3 aromatic rings. The molecule has 1 fully saturated rings. The Morgan fingerprint density at radius 3 is 2.53 bits per heavy atom. The first-order valence-electron chi connectivity index (χ1n) is 9.52. The number of amides is 1. The minimum Gasteiger partial charge on any atom is -0.312 e. The second-order valence-electron chi connectivity index (χ2n) is 7.10. The van der Waals surface area contributed by atoms with E-state index >= 15 is 0 Å². The van der Waals surface area contributed by atoms with Crippen molar-refractivity contribution in [2.75, 3.05) is 15.7 Å². The van der Waals surface area contributed by atoms with Crippen LogP contribution in [0.2, 0.25) is 5.02 Å². The maximum absolute atomic E-state index is 13.5. The fourth-order valence-corrected chi connectivity index (χ4v) is 5.21. The van der Waals surface area contributed by atoms with Crippen molar-refractivity contribution in [1.82, 2.24) is 9.78 Å². The summed E-state index contributed by atoms with van der Waals surface area (Å²) < 4.78 is 29.7. The molecule has 1 amide bonds. The minimum absolute atomic E-state index is 0.0471. The van der Waals surface area contributed by atoms with Gasteiger partial charge in [0.2, 0.25) is 5.91 Å². The Kier molecular flexibility index (Phi) is 5.53. The lowest BCUT2D eigenvalue weighted by Gasteiger charge is -2.26. The van der Waals surface area contributed by atoms with E-state index in [0.717, 1.165) is 12.0 Å². The number of rotatable bonds is 6. The monoisotopic (exact) mass is 444 g/mol. The highest BCUT2D eigenvalue weighted by molar-refractivity contribution is 7.92. The van der Waals surface area contributed by atoms with E-state index in [2.05, 4.69) is 5.10 Å². The van der Waals surface area contributed by atoms with Gasteiger partial charge in [0.25, 0.3) is 10.0 Å². The normalized spacial score (nSPS) is 14.3. The van der Waals surface area contributed by atoms with Crippen molar-refractivity contribution in [2.24, 2.45) is 7.05 Å². The van der Waals surface area contributed by atoms with Gasteiger partial charge in [-0.15, -0.1) is 0 Å². The van der Waals surface area contributed by atoms with Crippen LogP contribution < -0.4 is 9.21 Å². The van der Waals surface area contributed by atoms with Crippen LogP contribution in [-0.2, 0) is 28.4 Å². The van der Waals surface area contributed by atoms with Gasteiger partial charge in [0, 0.05) is 30.7 Å². The molecule has 30 heavy (non-hydrogen) atoms. The molecule has 0 aliphatic carbocycles. The summed E-state index contributed by atoms with van der Waals surface area (Å²) in [7, 11) is -2.32. The van der Waals surface area contributed by atoms with Crippen LogP contribution in [0.15, 0.2) is 65.8 Å². The molecule has 9 heteroatoms. The molecule has 0 saturated carbocycles. The van der Waals surface area contributed by atoms with Gasteiger partial charge in [0.1, 0.15) is 0 Å². The summed E-state index contributed by atoms with van der Waals surface area (Å²) in [5.41, 5.74) is 1.95. The molecule has 1 aliphatic rings. The van der Waals surface area contributed by atoms with Gasteiger partial charge in [0.15, 0.2) is 5.03 Å². The van der Waals surface area contributed by atoms with Crippen LogP contribution in [0.3, 0.4) is 0 Å². The first-order chi connectivity index (χ1) is 14.4. The van der Waals surface area contributed by atoms with Crippen LogP contribution in [0.4, 0.5) is 11.4 Å². The van der Waals surface area contributed by atoms with Crippen LogP contribution in [0.1, 0.15) is 18.4 Å². The fraction of sp³-hybridized carbons (Fsp3) is 0.238. The average molecular weight is 445 g/mol. The highest BCUT2D eigenvalue weighted by Gasteiger charge is 2.29. The summed E-state index contributed by atoms with van der Waals surface area (Å²) in [5.74, 6) is 0.0471. The third kappa shape index (κ3) is 3.93. The number of anilines is 2. The van der Waals surface area contributed by atoms with Crippen molar-refractivity contribution in [3.8, 4) is 0 Å². The van der Waals surface area contributed by atoms with Crippen molar-refractivity contribution in [2.45, 2.75) is 24.4 Å². The molecule has 4 rings (SSSR count). The highest BCUT2D eigenvalue weighted by Crippen LogP contribution is 2.31. The molecule has 7 nitrogen and oxygen atoms in total. The fourth-order valence-electron chi connectivity index (χ4n) is 3.54. The van der Waals surface area contributed by atoms with Gasteiger partial charge in [0.05, 0.1) is 18.4 Å². The number of hydrogen-bond acceptors (Lipinski definition) is 4. The number of aromatic nitrogens is 2. The van der Waals surface area contributed by atoms with Crippen LogP contribution >= 0.6 is 11.6 Å². The number of benzene rings is 2. The second-order valence-corrected chi connectivity index (χ2v) is 9.35. The Morgan fingerprint density at radius 2 is 1.90 bits per heavy atom. The van der Waals surface area contributed by atoms with E-state index in [1.807, 2.05) is 6.07 Å². The van der Waals surface area contributed by atoms with Crippen LogP contribution in [-0.4, -0.2) is 30.7 Å². The summed E-state index contributed by atoms with van der Waals surface area (Å²) in [5, 5.41) is 4.67. The first kappa shape index (κ1) is 20.4. The summed E-state index contributed by atoms with van der Waals surface area (Å²) in [6, 6.07) is 15.6. The maximum atomic E-state index is 13.5. The lowest BCUT2D eigenvalue weighted by Crippen LogP contribution is -2.32. The number of hydrogen-bond donors (Lipinski definition) is 0. The third-order valence-corrected chi connectivity index (χ3v) is 7.17. The zero-order valence-corrected chi connectivity index (χ0v) is 18.0. The van der Waals surface area contributed by atoms with E-state index in [-0.39, 0.29) is 17.5 Å². The predicted molar refractivity (Wildman–Crippen MR) is 116 cm³/mol. The van der Waals surface area contributed by atoms with Gasteiger partial charge >= 0.3 is 0 Å². The molecule has 1 aromatic heterocycles. The second kappa shape index (κ2) is 8.12. The zero-order valence-electron chi connectivity index (χ0n) is 16.4. The third-order valence-electron chi connectivity index (χ3n) is 5.07. The van der Waals surface area contributed by atoms with Crippen LogP contribution in [0.25, 0.3) is 0 Å². The largest absolute Gasteiger partial charge is 0.312 e. The number of carbonyl (C=O) groups is 1. The standard InChI is InChI=1S/C21H21ClN4O3S/c1-24-21(11-12-23-24)30(28,29)26(15-16-7-9-17(22)10-8-16)19-5-2-4-18(14-19)25-13-3-6-20(25)27/h2,4-5,7-12,14H,3,6,13,15H2,1H3. The van der Waals surface area contributed by atoms with Crippen molar-refractivity contribution >= 4 is 38.9 Å². The molecule has 0 atom stereocenters. The van der Waals surface area contributed by atoms with Crippen molar-refractivity contribution in [1.29, 1.82) is 0 Å². The van der Waals surface area contributed by atoms with Gasteiger partial charge < -0.3 is 4.90 Å². The molecule has 0 unspecified atom stereocenters. The predicted octanol–water partition coefficient (Wildman–Crippen LogP) is 3.60. The van der Waals surface area contributed by atoms with Crippen molar-refractivity contribution < 1.29 is 13.2 Å². The Hall–Kier alpha value is -2.84. The van der Waals surface area contributed by atoms with E-state index in [4.69, 9.17) is 11.6 Å². The van der Waals surface area contributed by atoms with Crippen LogP contribution in [0.5, 0.6) is 0 Å². The van der Waals surface area contributed by atoms with E-state index in [9.17, 15) is 13.2 Å². The quantitative estimate of drug-likeness (QED) is 0.582. The Labute approximate surface area is 180 Å². The molecule has 156 valence electrons. The SMILES string of the molecule is Cn1nccc1S(=O)(=O)N(Cc1ccc(Cl)cc1)c1cccc(N2CCCC2=O)c1. The number of aryl methyl sites for hydroxylation is 1. The average Bonchev–Trinajstić information content (AvgIpc) is 3.36. The van der Waals surface area contributed by atoms with Gasteiger partial charge in [-0.2, -0.15) is 13.5 Å². The van der Waals surface area contributed by atoms with Crippen molar-refractivity contribution in [3.05, 3.63) is 71.4 Å².